The van der Waals surface area contributed by atoms with E-state index in [0.29, 0.717) is 0 Å². The highest BCUT2D eigenvalue weighted by Gasteiger charge is 2.36. The van der Waals surface area contributed by atoms with Gasteiger partial charge < -0.3 is 42.7 Å². The first-order chi connectivity index (χ1) is 16.2. The molecule has 0 unspecified atom stereocenters. The van der Waals surface area contributed by atoms with E-state index in [1.807, 2.05) is 5.32 Å². The summed E-state index contributed by atoms with van der Waals surface area (Å²) < 4.78 is 4.31. The molecule has 0 saturated heterocycles. The van der Waals surface area contributed by atoms with Crippen molar-refractivity contribution in [2.24, 2.45) is 0 Å². The summed E-state index contributed by atoms with van der Waals surface area (Å²) in [7, 11) is -4.79. The molecular formula is C15H28N7O12P+2. The summed E-state index contributed by atoms with van der Waals surface area (Å²) in [5, 5.41) is 21.0. The number of carbonyl (C=O) groups excluding carboxylic acids is 6. The van der Waals surface area contributed by atoms with Gasteiger partial charge in [-0.25, -0.2) is 0 Å². The minimum Gasteiger partial charge on any atom is -0.480 e. The smallest absolute Gasteiger partial charge is 0.480 e. The van der Waals surface area contributed by atoms with Crippen LogP contribution in [0.25, 0.3) is 0 Å². The first-order valence-electron chi connectivity index (χ1n) is 9.60. The van der Waals surface area contributed by atoms with Crippen molar-refractivity contribution in [1.82, 2.24) is 31.9 Å². The molecule has 0 aromatic heterocycles. The third-order valence-corrected chi connectivity index (χ3v) is 3.99. The summed E-state index contributed by atoms with van der Waals surface area (Å²) in [6.07, 6.45) is 0. The van der Waals surface area contributed by atoms with Crippen molar-refractivity contribution in [3.8, 4) is 0 Å². The van der Waals surface area contributed by atoms with E-state index >= 15 is 0 Å². The van der Waals surface area contributed by atoms with Crippen LogP contribution in [-0.2, 0) is 38.1 Å². The molecule has 0 bridgehead atoms. The van der Waals surface area contributed by atoms with Gasteiger partial charge in [-0.1, -0.05) is 0 Å². The third kappa shape index (κ3) is 17.6. The van der Waals surface area contributed by atoms with Gasteiger partial charge in [0.05, 0.1) is 26.2 Å². The lowest BCUT2D eigenvalue weighted by Crippen LogP contribution is -2.58. The van der Waals surface area contributed by atoms with Gasteiger partial charge in [-0.05, 0) is 0 Å². The quantitative estimate of drug-likeness (QED) is 0.0831. The number of nitrogens with one attached hydrogen (secondary N) is 6. The van der Waals surface area contributed by atoms with Crippen LogP contribution in [0.15, 0.2) is 0 Å². The molecule has 0 spiro atoms. The molecule has 0 aliphatic carbocycles. The van der Waals surface area contributed by atoms with Crippen LogP contribution in [0, 0.1) is 0 Å². The van der Waals surface area contributed by atoms with Crippen LogP contribution in [0.3, 0.4) is 0 Å². The van der Waals surface area contributed by atoms with Crippen molar-refractivity contribution in [3.05, 3.63) is 0 Å². The van der Waals surface area contributed by atoms with E-state index in [0.717, 1.165) is 0 Å². The molecule has 1 atom stereocenters. The van der Waals surface area contributed by atoms with Gasteiger partial charge in [0.2, 0.25) is 29.5 Å². The molecule has 198 valence electrons. The van der Waals surface area contributed by atoms with E-state index in [4.69, 9.17) is 19.8 Å². The van der Waals surface area contributed by atoms with E-state index in [2.05, 4.69) is 36.8 Å². The van der Waals surface area contributed by atoms with Gasteiger partial charge in [-0.2, -0.15) is 19.2 Å². The highest BCUT2D eigenvalue weighted by Crippen LogP contribution is 2.45. The van der Waals surface area contributed by atoms with E-state index in [1.165, 1.54) is 0 Å². The van der Waals surface area contributed by atoms with Gasteiger partial charge in [-0.3, -0.25) is 33.6 Å². The second-order valence-electron chi connectivity index (χ2n) is 6.40. The number of carbonyl (C=O) groups is 7. The van der Waals surface area contributed by atoms with Crippen molar-refractivity contribution in [1.29, 1.82) is 0 Å². The largest absolute Gasteiger partial charge is 0.567 e. The van der Waals surface area contributed by atoms with E-state index < -0.39 is 95.0 Å². The summed E-state index contributed by atoms with van der Waals surface area (Å²) in [6, 6.07) is -1.66. The molecule has 0 aromatic carbocycles. The Bertz CT molecular complexity index is 804. The molecule has 20 heteroatoms. The van der Waals surface area contributed by atoms with Crippen LogP contribution in [-0.4, -0.2) is 113 Å². The molecule has 0 aliphatic rings. The Balaban J connectivity index is 4.70. The molecule has 0 radical (unpaired) electrons. The maximum Gasteiger partial charge on any atom is 0.567 e. The van der Waals surface area contributed by atoms with Gasteiger partial charge >= 0.3 is 14.1 Å². The average Bonchev–Trinajstić information content (AvgIpc) is 2.78. The van der Waals surface area contributed by atoms with Gasteiger partial charge in [-0.15, -0.1) is 0 Å². The van der Waals surface area contributed by atoms with E-state index in [9.17, 15) is 33.6 Å². The zero-order valence-electron chi connectivity index (χ0n) is 18.2. The standard InChI is InChI=1S/C15H26N7O12P/c16-1-9(23)17-2-10(24)19-5-13(27)22-8(7-34-35(31,32)33)15(30)21-4-12(26)18-3-11(25)20-6-14(28)29/h8,31-33H,1-7,16H2,(H6-,17,18,19,20,21,22,23,24,25,26,27,28,29,30)/p+2/t8-/m0/s1. The van der Waals surface area contributed by atoms with Gasteiger partial charge in [0.15, 0.2) is 6.54 Å². The molecule has 19 nitrogen and oxygen atoms in total. The molecule has 35 heavy (non-hydrogen) atoms. The first kappa shape index (κ1) is 31.5. The summed E-state index contributed by atoms with van der Waals surface area (Å²) >= 11 is 0. The molecule has 0 heterocycles. The fraction of sp³-hybridized carbons (Fsp3) is 0.533. The van der Waals surface area contributed by atoms with Crippen LogP contribution < -0.4 is 37.6 Å². The highest BCUT2D eigenvalue weighted by atomic mass is 31.2. The number of hydrogen-bond donors (Lipinski definition) is 11. The summed E-state index contributed by atoms with van der Waals surface area (Å²) in [5.74, 6) is -6.27. The van der Waals surface area contributed by atoms with Crippen LogP contribution >= 0.6 is 8.17 Å². The molecule has 0 rings (SSSR count). The Morgan fingerprint density at radius 2 is 1.11 bits per heavy atom. The lowest BCUT2D eigenvalue weighted by molar-refractivity contribution is -0.355. The maximum absolute atomic E-state index is 12.3. The van der Waals surface area contributed by atoms with E-state index in [-0.39, 0.29) is 6.54 Å². The Labute approximate surface area is 197 Å². The second kappa shape index (κ2) is 16.2. The lowest BCUT2D eigenvalue weighted by Gasteiger charge is -2.18. The minimum absolute atomic E-state index is 0.106. The average molecular weight is 529 g/mol. The first-order valence-corrected chi connectivity index (χ1v) is 11.2. The number of carboxylic acid groups (broad SMARTS) is 1. The summed E-state index contributed by atoms with van der Waals surface area (Å²) in [4.78, 5) is 107. The maximum atomic E-state index is 12.3. The predicted octanol–water partition coefficient (Wildman–Crippen LogP) is -7.95. The number of quaternary nitrogens is 1. The fourth-order valence-corrected chi connectivity index (χ4v) is 2.23. The fourth-order valence-electron chi connectivity index (χ4n) is 1.88. The van der Waals surface area contributed by atoms with Crippen LogP contribution in [0.5, 0.6) is 0 Å². The number of rotatable bonds is 16. The lowest BCUT2D eigenvalue weighted by atomic mass is 10.3. The predicted molar refractivity (Wildman–Crippen MR) is 112 cm³/mol. The number of amides is 6. The van der Waals surface area contributed by atoms with Crippen molar-refractivity contribution in [2.45, 2.75) is 6.04 Å². The zero-order valence-corrected chi connectivity index (χ0v) is 19.1. The molecule has 0 aliphatic heterocycles. The van der Waals surface area contributed by atoms with Crippen LogP contribution in [0.2, 0.25) is 0 Å². The molecule has 13 N–H and O–H groups in total. The van der Waals surface area contributed by atoms with Crippen molar-refractivity contribution >= 4 is 49.6 Å². The zero-order chi connectivity index (χ0) is 27.0. The topological polar surface area (TPSA) is 309 Å². The van der Waals surface area contributed by atoms with Crippen LogP contribution in [0.4, 0.5) is 0 Å². The van der Waals surface area contributed by atoms with Crippen molar-refractivity contribution in [2.75, 3.05) is 45.9 Å². The number of aliphatic carboxylic acids is 1. The monoisotopic (exact) mass is 529 g/mol. The summed E-state index contributed by atoms with van der Waals surface area (Å²) in [6.45, 7) is -4.11. The molecule has 6 amide bonds. The number of carboxylic acids is 1. The second-order valence-corrected chi connectivity index (χ2v) is 7.68. The van der Waals surface area contributed by atoms with E-state index in [1.54, 1.807) is 0 Å². The molecule has 0 saturated carbocycles. The van der Waals surface area contributed by atoms with Crippen LogP contribution in [0.1, 0.15) is 0 Å². The van der Waals surface area contributed by atoms with Crippen molar-refractivity contribution in [3.63, 3.8) is 0 Å². The Morgan fingerprint density at radius 3 is 1.57 bits per heavy atom. The SMILES string of the molecule is [NH3+]CC(=O)NCC(=O)NCC(=O)N[C@@H](CO[P+](O)(O)O)C(=O)NCC(=O)NCC(=O)NCC(=O)O. The molecule has 0 fully saturated rings. The number of hydrogen-bond acceptors (Lipinski definition) is 11. The highest BCUT2D eigenvalue weighted by molar-refractivity contribution is 7.53. The van der Waals surface area contributed by atoms with Gasteiger partial charge in [0.1, 0.15) is 19.2 Å². The molecular weight excluding hydrogens is 501 g/mol. The molecule has 0 aromatic rings. The van der Waals surface area contributed by atoms with Crippen molar-refractivity contribution < 1.29 is 63.6 Å². The third-order valence-electron chi connectivity index (χ3n) is 3.49. The Hall–Kier alpha value is -3.48. The Kier molecular flexibility index (Phi) is 14.6. The van der Waals surface area contributed by atoms with Gasteiger partial charge in [0, 0.05) is 0 Å². The minimum atomic E-state index is -4.79. The Morgan fingerprint density at radius 1 is 0.686 bits per heavy atom. The van der Waals surface area contributed by atoms with Gasteiger partial charge in [0.25, 0.3) is 5.91 Å². The summed E-state index contributed by atoms with van der Waals surface area (Å²) in [5.41, 5.74) is 3.31. The normalized spacial score (nSPS) is 11.4.